The van der Waals surface area contributed by atoms with Crippen LogP contribution in [0.2, 0.25) is 0 Å². The summed E-state index contributed by atoms with van der Waals surface area (Å²) in [7, 11) is 0. The molecule has 3 aromatic carbocycles. The molecule has 0 atom stereocenters. The molecule has 0 saturated heterocycles. The Kier molecular flexibility index (Phi) is 3.97. The van der Waals surface area contributed by atoms with Gasteiger partial charge in [0.25, 0.3) is 5.91 Å². The molecule has 1 amide bonds. The third-order valence-electron chi connectivity index (χ3n) is 5.48. The van der Waals surface area contributed by atoms with Gasteiger partial charge in [0.2, 0.25) is 0 Å². The van der Waals surface area contributed by atoms with Gasteiger partial charge in [-0.2, -0.15) is 0 Å². The van der Waals surface area contributed by atoms with Gasteiger partial charge >= 0.3 is 0 Å². The Hall–Kier alpha value is -3.40. The first kappa shape index (κ1) is 16.8. The number of hydrogen-bond acceptors (Lipinski definition) is 2. The summed E-state index contributed by atoms with van der Waals surface area (Å²) in [5.74, 6) is 0.872. The number of fused-ring (bicyclic) bond motifs is 2. The third-order valence-corrected chi connectivity index (χ3v) is 5.48. The Morgan fingerprint density at radius 2 is 1.64 bits per heavy atom. The van der Waals surface area contributed by atoms with E-state index in [0.717, 1.165) is 35.4 Å². The van der Waals surface area contributed by atoms with Crippen molar-refractivity contribution in [2.45, 2.75) is 25.8 Å². The lowest BCUT2D eigenvalue weighted by Gasteiger charge is -2.12. The first-order valence-corrected chi connectivity index (χ1v) is 9.61. The second-order valence-electron chi connectivity index (χ2n) is 7.38. The van der Waals surface area contributed by atoms with E-state index < -0.39 is 0 Å². The number of rotatable bonds is 3. The molecule has 0 unspecified atom stereocenters. The molecule has 1 N–H and O–H groups in total. The molecule has 4 aromatic rings. The van der Waals surface area contributed by atoms with E-state index in [1.54, 1.807) is 0 Å². The van der Waals surface area contributed by atoms with Crippen molar-refractivity contribution >= 4 is 16.9 Å². The highest BCUT2D eigenvalue weighted by Gasteiger charge is 2.23. The van der Waals surface area contributed by atoms with E-state index in [2.05, 4.69) is 51.3 Å². The summed E-state index contributed by atoms with van der Waals surface area (Å²) in [6, 6.07) is 24.5. The SMILES string of the molecule is Cc1nc2cc(C(=O)NC3Cc4ccccc4C3)ccc2n1-c1ccccc1. The van der Waals surface area contributed by atoms with Gasteiger partial charge in [-0.15, -0.1) is 0 Å². The second-order valence-corrected chi connectivity index (χ2v) is 7.38. The molecule has 4 nitrogen and oxygen atoms in total. The van der Waals surface area contributed by atoms with Crippen LogP contribution in [0.15, 0.2) is 72.8 Å². The maximum atomic E-state index is 12.8. The largest absolute Gasteiger partial charge is 0.349 e. The van der Waals surface area contributed by atoms with Crippen molar-refractivity contribution in [3.8, 4) is 5.69 Å². The van der Waals surface area contributed by atoms with Crippen LogP contribution in [0.3, 0.4) is 0 Å². The average molecular weight is 367 g/mol. The number of carbonyl (C=O) groups is 1. The van der Waals surface area contributed by atoms with Gasteiger partial charge in [-0.1, -0.05) is 42.5 Å². The fourth-order valence-corrected chi connectivity index (χ4v) is 4.17. The molecule has 1 heterocycles. The van der Waals surface area contributed by atoms with Crippen LogP contribution in [0, 0.1) is 6.92 Å². The van der Waals surface area contributed by atoms with Gasteiger partial charge in [-0.05, 0) is 61.2 Å². The van der Waals surface area contributed by atoms with Gasteiger partial charge in [-0.25, -0.2) is 4.98 Å². The number of carbonyl (C=O) groups excluding carboxylic acids is 1. The smallest absolute Gasteiger partial charge is 0.251 e. The van der Waals surface area contributed by atoms with Crippen LogP contribution in [0.5, 0.6) is 0 Å². The quantitative estimate of drug-likeness (QED) is 0.589. The molecule has 0 radical (unpaired) electrons. The van der Waals surface area contributed by atoms with Crippen molar-refractivity contribution < 1.29 is 4.79 Å². The lowest BCUT2D eigenvalue weighted by Crippen LogP contribution is -2.35. The van der Waals surface area contributed by atoms with Crippen LogP contribution in [-0.2, 0) is 12.8 Å². The number of aryl methyl sites for hydroxylation is 1. The molecular formula is C24H21N3O. The Bertz CT molecular complexity index is 1150. The number of benzene rings is 3. The highest BCUT2D eigenvalue weighted by atomic mass is 16.1. The monoisotopic (exact) mass is 367 g/mol. The van der Waals surface area contributed by atoms with Crippen LogP contribution >= 0.6 is 0 Å². The fraction of sp³-hybridized carbons (Fsp3) is 0.167. The van der Waals surface area contributed by atoms with E-state index >= 15 is 0 Å². The Morgan fingerprint density at radius 1 is 0.964 bits per heavy atom. The van der Waals surface area contributed by atoms with Crippen LogP contribution in [0.4, 0.5) is 0 Å². The maximum absolute atomic E-state index is 12.8. The number of nitrogens with zero attached hydrogens (tertiary/aromatic N) is 2. The van der Waals surface area contributed by atoms with Crippen LogP contribution < -0.4 is 5.32 Å². The Morgan fingerprint density at radius 3 is 2.36 bits per heavy atom. The average Bonchev–Trinajstić information content (AvgIpc) is 3.27. The van der Waals surface area contributed by atoms with Crippen molar-refractivity contribution in [3.05, 3.63) is 95.3 Å². The number of amides is 1. The molecule has 1 aliphatic carbocycles. The molecular weight excluding hydrogens is 346 g/mol. The van der Waals surface area contributed by atoms with E-state index in [1.165, 1.54) is 11.1 Å². The molecule has 4 heteroatoms. The molecule has 0 bridgehead atoms. The number of nitrogens with one attached hydrogen (secondary N) is 1. The van der Waals surface area contributed by atoms with E-state index in [1.807, 2.05) is 43.3 Å². The van der Waals surface area contributed by atoms with Gasteiger partial charge in [0.05, 0.1) is 11.0 Å². The van der Waals surface area contributed by atoms with Crippen molar-refractivity contribution in [2.24, 2.45) is 0 Å². The maximum Gasteiger partial charge on any atom is 0.251 e. The number of imidazole rings is 1. The molecule has 0 saturated carbocycles. The summed E-state index contributed by atoms with van der Waals surface area (Å²) in [6.45, 7) is 1.99. The lowest BCUT2D eigenvalue weighted by atomic mass is 10.1. The van der Waals surface area contributed by atoms with E-state index in [-0.39, 0.29) is 11.9 Å². The lowest BCUT2D eigenvalue weighted by molar-refractivity contribution is 0.0938. The van der Waals surface area contributed by atoms with Crippen LogP contribution in [0.25, 0.3) is 16.7 Å². The summed E-state index contributed by atoms with van der Waals surface area (Å²) >= 11 is 0. The zero-order chi connectivity index (χ0) is 19.1. The minimum Gasteiger partial charge on any atom is -0.349 e. The number of hydrogen-bond donors (Lipinski definition) is 1. The highest BCUT2D eigenvalue weighted by Crippen LogP contribution is 2.24. The molecule has 1 aromatic heterocycles. The first-order chi connectivity index (χ1) is 13.7. The van der Waals surface area contributed by atoms with Crippen molar-refractivity contribution in [1.29, 1.82) is 0 Å². The molecule has 0 fully saturated rings. The Labute approximate surface area is 163 Å². The first-order valence-electron chi connectivity index (χ1n) is 9.61. The Balaban J connectivity index is 1.41. The molecule has 5 rings (SSSR count). The minimum atomic E-state index is -0.0355. The van der Waals surface area contributed by atoms with E-state index in [9.17, 15) is 4.79 Å². The van der Waals surface area contributed by atoms with Crippen molar-refractivity contribution in [3.63, 3.8) is 0 Å². The molecule has 28 heavy (non-hydrogen) atoms. The van der Waals surface area contributed by atoms with E-state index in [4.69, 9.17) is 0 Å². The zero-order valence-corrected chi connectivity index (χ0v) is 15.7. The van der Waals surface area contributed by atoms with Crippen LogP contribution in [0.1, 0.15) is 27.3 Å². The minimum absolute atomic E-state index is 0.0355. The van der Waals surface area contributed by atoms with Crippen molar-refractivity contribution in [1.82, 2.24) is 14.9 Å². The van der Waals surface area contributed by atoms with Gasteiger partial charge < -0.3 is 5.32 Å². The van der Waals surface area contributed by atoms with Gasteiger partial charge in [-0.3, -0.25) is 9.36 Å². The normalized spacial score (nSPS) is 13.6. The van der Waals surface area contributed by atoms with Gasteiger partial charge in [0.1, 0.15) is 5.82 Å². The summed E-state index contributed by atoms with van der Waals surface area (Å²) in [5, 5.41) is 3.19. The number of para-hydroxylation sites is 1. The van der Waals surface area contributed by atoms with Gasteiger partial charge in [0.15, 0.2) is 0 Å². The topological polar surface area (TPSA) is 46.9 Å². The molecule has 1 aliphatic rings. The predicted octanol–water partition coefficient (Wildman–Crippen LogP) is 4.23. The highest BCUT2D eigenvalue weighted by molar-refractivity contribution is 5.98. The predicted molar refractivity (Wildman–Crippen MR) is 111 cm³/mol. The van der Waals surface area contributed by atoms with Gasteiger partial charge in [0, 0.05) is 17.3 Å². The van der Waals surface area contributed by atoms with Crippen molar-refractivity contribution in [2.75, 3.05) is 0 Å². The summed E-state index contributed by atoms with van der Waals surface area (Å²) in [5.41, 5.74) is 6.24. The fourth-order valence-electron chi connectivity index (χ4n) is 4.17. The van der Waals surface area contributed by atoms with E-state index in [0.29, 0.717) is 5.56 Å². The third kappa shape index (κ3) is 2.87. The molecule has 138 valence electrons. The summed E-state index contributed by atoms with van der Waals surface area (Å²) < 4.78 is 2.12. The van der Waals surface area contributed by atoms with Crippen LogP contribution in [-0.4, -0.2) is 21.5 Å². The zero-order valence-electron chi connectivity index (χ0n) is 15.7. The molecule has 0 aliphatic heterocycles. The molecule has 0 spiro atoms. The summed E-state index contributed by atoms with van der Waals surface area (Å²) in [6.07, 6.45) is 1.79. The number of aromatic nitrogens is 2. The standard InChI is InChI=1S/C24H21N3O/c1-16-25-22-15-19(11-12-23(22)27(16)21-9-3-2-4-10-21)24(28)26-20-13-17-7-5-6-8-18(17)14-20/h2-12,15,20H,13-14H2,1H3,(H,26,28). The second kappa shape index (κ2) is 6.64. The summed E-state index contributed by atoms with van der Waals surface area (Å²) in [4.78, 5) is 17.5.